The summed E-state index contributed by atoms with van der Waals surface area (Å²) < 4.78 is 0. The SMILES string of the molecule is CCC(C)[C@H](NC(=O)[C@@H](N)CS)C(=O)N[C@H](C(=O)N[C@@H](CCO)C(=O)O)[C@@H](C)CC. The van der Waals surface area contributed by atoms with Crippen LogP contribution in [0.1, 0.15) is 47.0 Å². The van der Waals surface area contributed by atoms with Crippen LogP contribution >= 0.6 is 12.6 Å². The normalized spacial score (nSPS) is 17.0. The molecule has 0 rings (SSSR count). The summed E-state index contributed by atoms with van der Waals surface area (Å²) in [6.07, 6.45) is 0.975. The smallest absolute Gasteiger partial charge is 0.326 e. The molecular weight excluding hydrogens is 412 g/mol. The number of hydrogen-bond acceptors (Lipinski definition) is 7. The summed E-state index contributed by atoms with van der Waals surface area (Å²) in [6, 6.07) is -4.08. The Kier molecular flexibility index (Phi) is 13.3. The lowest BCUT2D eigenvalue weighted by molar-refractivity contribution is -0.143. The molecular formula is C19H36N4O6S. The molecule has 0 saturated heterocycles. The third-order valence-corrected chi connectivity index (χ3v) is 5.55. The minimum absolute atomic E-state index is 0.111. The van der Waals surface area contributed by atoms with Gasteiger partial charge in [0.05, 0.1) is 6.04 Å². The van der Waals surface area contributed by atoms with Crippen molar-refractivity contribution in [1.82, 2.24) is 16.0 Å². The van der Waals surface area contributed by atoms with Gasteiger partial charge in [-0.25, -0.2) is 4.79 Å². The van der Waals surface area contributed by atoms with E-state index in [1.54, 1.807) is 13.8 Å². The minimum atomic E-state index is -1.28. The van der Waals surface area contributed by atoms with Crippen LogP contribution in [0.5, 0.6) is 0 Å². The fraction of sp³-hybridized carbons (Fsp3) is 0.789. The molecule has 30 heavy (non-hydrogen) atoms. The molecule has 0 radical (unpaired) electrons. The van der Waals surface area contributed by atoms with E-state index in [-0.39, 0.29) is 24.0 Å². The number of nitrogens with two attached hydrogens (primary N) is 1. The van der Waals surface area contributed by atoms with Gasteiger partial charge in [-0.2, -0.15) is 12.6 Å². The Morgan fingerprint density at radius 1 is 0.900 bits per heavy atom. The first-order valence-corrected chi connectivity index (χ1v) is 10.8. The van der Waals surface area contributed by atoms with Crippen molar-refractivity contribution >= 4 is 36.3 Å². The maximum Gasteiger partial charge on any atom is 0.326 e. The number of nitrogens with one attached hydrogen (secondary N) is 3. The molecule has 3 amide bonds. The summed E-state index contributed by atoms with van der Waals surface area (Å²) in [7, 11) is 0. The lowest BCUT2D eigenvalue weighted by Crippen LogP contribution is -2.60. The largest absolute Gasteiger partial charge is 0.480 e. The first-order valence-electron chi connectivity index (χ1n) is 10.1. The number of carbonyl (C=O) groups is 4. The zero-order valence-electron chi connectivity index (χ0n) is 18.1. The van der Waals surface area contributed by atoms with Crippen molar-refractivity contribution in [2.45, 2.75) is 71.1 Å². The second kappa shape index (κ2) is 14.2. The van der Waals surface area contributed by atoms with Crippen molar-refractivity contribution in [3.05, 3.63) is 0 Å². The predicted molar refractivity (Wildman–Crippen MR) is 116 cm³/mol. The lowest BCUT2D eigenvalue weighted by atomic mass is 9.94. The van der Waals surface area contributed by atoms with E-state index in [9.17, 15) is 24.3 Å². The Bertz CT molecular complexity index is 591. The zero-order valence-corrected chi connectivity index (χ0v) is 18.9. The minimum Gasteiger partial charge on any atom is -0.480 e. The average molecular weight is 449 g/mol. The molecule has 6 atom stereocenters. The Balaban J connectivity index is 5.52. The molecule has 1 unspecified atom stereocenters. The fourth-order valence-corrected chi connectivity index (χ4v) is 2.80. The number of amides is 3. The Morgan fingerprint density at radius 2 is 1.33 bits per heavy atom. The molecule has 0 spiro atoms. The van der Waals surface area contributed by atoms with Crippen molar-refractivity contribution in [3.63, 3.8) is 0 Å². The van der Waals surface area contributed by atoms with Crippen molar-refractivity contribution in [3.8, 4) is 0 Å². The number of aliphatic hydroxyl groups excluding tert-OH is 1. The molecule has 0 aliphatic carbocycles. The second-order valence-electron chi connectivity index (χ2n) is 7.44. The molecule has 0 aliphatic rings. The van der Waals surface area contributed by atoms with Crippen molar-refractivity contribution in [2.75, 3.05) is 12.4 Å². The topological polar surface area (TPSA) is 171 Å². The molecule has 174 valence electrons. The van der Waals surface area contributed by atoms with E-state index in [4.69, 9.17) is 10.8 Å². The van der Waals surface area contributed by atoms with Gasteiger partial charge in [-0.3, -0.25) is 14.4 Å². The molecule has 10 nitrogen and oxygen atoms in total. The Hall–Kier alpha value is -1.85. The van der Waals surface area contributed by atoms with E-state index < -0.39 is 54.5 Å². The van der Waals surface area contributed by atoms with Crippen LogP contribution in [-0.2, 0) is 19.2 Å². The highest BCUT2D eigenvalue weighted by molar-refractivity contribution is 7.80. The van der Waals surface area contributed by atoms with Crippen LogP contribution in [0, 0.1) is 11.8 Å². The molecule has 0 heterocycles. The van der Waals surface area contributed by atoms with E-state index >= 15 is 0 Å². The number of aliphatic carboxylic acids is 1. The van der Waals surface area contributed by atoms with Gasteiger partial charge in [0.25, 0.3) is 0 Å². The van der Waals surface area contributed by atoms with Gasteiger partial charge < -0.3 is 31.9 Å². The van der Waals surface area contributed by atoms with Gasteiger partial charge in [-0.05, 0) is 11.8 Å². The zero-order chi connectivity index (χ0) is 23.4. The molecule has 0 aromatic rings. The van der Waals surface area contributed by atoms with Crippen LogP contribution in [0.2, 0.25) is 0 Å². The highest BCUT2D eigenvalue weighted by atomic mass is 32.1. The van der Waals surface area contributed by atoms with E-state index in [1.807, 2.05) is 13.8 Å². The van der Waals surface area contributed by atoms with Gasteiger partial charge >= 0.3 is 5.97 Å². The number of thiol groups is 1. The van der Waals surface area contributed by atoms with Crippen LogP contribution in [0.15, 0.2) is 0 Å². The molecule has 0 aromatic carbocycles. The van der Waals surface area contributed by atoms with Gasteiger partial charge in [0.2, 0.25) is 17.7 Å². The average Bonchev–Trinajstić information content (AvgIpc) is 2.72. The highest BCUT2D eigenvalue weighted by Crippen LogP contribution is 2.13. The van der Waals surface area contributed by atoms with Crippen LogP contribution < -0.4 is 21.7 Å². The standard InChI is InChI=1S/C19H36N4O6S/c1-5-10(3)14(17(26)21-13(7-8-24)19(28)29)23-18(27)15(11(4)6-2)22-16(25)12(20)9-30/h10-15,24,30H,5-9,20H2,1-4H3,(H,21,26)(H,22,25)(H,23,27)(H,28,29)/t10-,11?,12-,13-,14-,15-/m0/s1. The maximum absolute atomic E-state index is 12.9. The molecule has 0 fully saturated rings. The Labute approximate surface area is 183 Å². The summed E-state index contributed by atoms with van der Waals surface area (Å²) in [5.41, 5.74) is 5.68. The van der Waals surface area contributed by atoms with E-state index in [0.29, 0.717) is 12.8 Å². The number of aliphatic hydroxyl groups is 1. The van der Waals surface area contributed by atoms with Crippen molar-refractivity contribution in [1.29, 1.82) is 0 Å². The van der Waals surface area contributed by atoms with Gasteiger partial charge in [0, 0.05) is 18.8 Å². The highest BCUT2D eigenvalue weighted by Gasteiger charge is 2.34. The van der Waals surface area contributed by atoms with Crippen molar-refractivity contribution < 1.29 is 29.4 Å². The summed E-state index contributed by atoms with van der Waals surface area (Å²) in [5, 5.41) is 25.8. The van der Waals surface area contributed by atoms with E-state index in [2.05, 4.69) is 28.6 Å². The van der Waals surface area contributed by atoms with Crippen LogP contribution in [0.4, 0.5) is 0 Å². The van der Waals surface area contributed by atoms with Crippen LogP contribution in [0.25, 0.3) is 0 Å². The maximum atomic E-state index is 12.9. The number of hydrogen-bond donors (Lipinski definition) is 7. The van der Waals surface area contributed by atoms with Gasteiger partial charge in [0.15, 0.2) is 0 Å². The fourth-order valence-electron chi connectivity index (χ4n) is 2.64. The van der Waals surface area contributed by atoms with Crippen LogP contribution in [0.3, 0.4) is 0 Å². The molecule has 11 heteroatoms. The first-order chi connectivity index (χ1) is 14.0. The quantitative estimate of drug-likeness (QED) is 0.171. The third-order valence-electron chi connectivity index (χ3n) is 5.15. The summed E-state index contributed by atoms with van der Waals surface area (Å²) >= 11 is 3.99. The molecule has 0 saturated carbocycles. The monoisotopic (exact) mass is 448 g/mol. The second-order valence-corrected chi connectivity index (χ2v) is 7.81. The van der Waals surface area contributed by atoms with E-state index in [1.165, 1.54) is 0 Å². The number of carboxylic acids is 1. The number of rotatable bonds is 14. The Morgan fingerprint density at radius 3 is 1.70 bits per heavy atom. The third kappa shape index (κ3) is 8.88. The van der Waals surface area contributed by atoms with Crippen LogP contribution in [-0.4, -0.2) is 70.4 Å². The summed E-state index contributed by atoms with van der Waals surface area (Å²) in [5.74, 6) is -3.45. The predicted octanol–water partition coefficient (Wildman–Crippen LogP) is -0.743. The van der Waals surface area contributed by atoms with Crippen molar-refractivity contribution in [2.24, 2.45) is 17.6 Å². The van der Waals surface area contributed by atoms with Gasteiger partial charge in [0.1, 0.15) is 18.1 Å². The molecule has 0 aromatic heterocycles. The van der Waals surface area contributed by atoms with Gasteiger partial charge in [-0.1, -0.05) is 40.5 Å². The lowest BCUT2D eigenvalue weighted by Gasteiger charge is -2.30. The van der Waals surface area contributed by atoms with Gasteiger partial charge in [-0.15, -0.1) is 0 Å². The number of carboxylic acid groups (broad SMARTS) is 1. The van der Waals surface area contributed by atoms with E-state index in [0.717, 1.165) is 0 Å². The number of carbonyl (C=O) groups excluding carboxylic acids is 3. The first kappa shape index (κ1) is 28.1. The summed E-state index contributed by atoms with van der Waals surface area (Å²) in [6.45, 7) is 6.82. The molecule has 7 N–H and O–H groups in total. The summed E-state index contributed by atoms with van der Waals surface area (Å²) in [4.78, 5) is 49.1. The molecule has 0 aliphatic heterocycles. The molecule has 0 bridgehead atoms.